The number of esters is 1. The van der Waals surface area contributed by atoms with Crippen molar-refractivity contribution < 1.29 is 27.8 Å². The maximum atomic E-state index is 12.6. The number of alkyl halides is 2. The number of rotatable bonds is 6. The summed E-state index contributed by atoms with van der Waals surface area (Å²) in [6.45, 7) is 0.635. The van der Waals surface area contributed by atoms with Gasteiger partial charge < -0.3 is 14.2 Å². The molecule has 1 unspecified atom stereocenters. The molecule has 0 amide bonds. The first kappa shape index (κ1) is 27.3. The molecule has 2 fully saturated rings. The van der Waals surface area contributed by atoms with Crippen LogP contribution in [0.2, 0.25) is 0 Å². The van der Waals surface area contributed by atoms with Gasteiger partial charge in [-0.05, 0) is 49.2 Å². The highest BCUT2D eigenvalue weighted by Gasteiger charge is 2.43. The molecule has 0 N–H and O–H groups in total. The number of carbonyl (C=O) groups is 1. The van der Waals surface area contributed by atoms with Crippen molar-refractivity contribution in [2.75, 3.05) is 13.2 Å². The lowest BCUT2D eigenvalue weighted by molar-refractivity contribution is -0.196. The van der Waals surface area contributed by atoms with Crippen LogP contribution in [0.4, 0.5) is 8.78 Å². The van der Waals surface area contributed by atoms with Crippen molar-refractivity contribution in [3.05, 3.63) is 91.0 Å². The Balaban J connectivity index is 0.000000173. The van der Waals surface area contributed by atoms with Crippen molar-refractivity contribution in [1.29, 1.82) is 0 Å². The van der Waals surface area contributed by atoms with Gasteiger partial charge >= 0.3 is 11.9 Å². The fourth-order valence-corrected chi connectivity index (χ4v) is 6.53. The van der Waals surface area contributed by atoms with Gasteiger partial charge in [0.2, 0.25) is 0 Å². The van der Waals surface area contributed by atoms with Crippen molar-refractivity contribution in [3.8, 4) is 0 Å². The molecule has 3 aromatic rings. The lowest BCUT2D eigenvalue weighted by Crippen LogP contribution is -2.35. The molecule has 4 nitrogen and oxygen atoms in total. The lowest BCUT2D eigenvalue weighted by Gasteiger charge is -2.31. The summed E-state index contributed by atoms with van der Waals surface area (Å²) < 4.78 is 41.0. The fraction of sp³-hybridized carbons (Fsp3) is 0.367. The molecule has 5 rings (SSSR count). The number of hydrogen-bond donors (Lipinski definition) is 0. The maximum Gasteiger partial charge on any atom is 0.376 e. The second kappa shape index (κ2) is 12.7. The van der Waals surface area contributed by atoms with E-state index in [0.717, 1.165) is 32.1 Å². The van der Waals surface area contributed by atoms with Gasteiger partial charge in [0.25, 0.3) is 0 Å². The highest BCUT2D eigenvalue weighted by molar-refractivity contribution is 7.97. The van der Waals surface area contributed by atoms with E-state index in [-0.39, 0.29) is 17.5 Å². The molecule has 0 bridgehead atoms. The minimum atomic E-state index is -3.46. The van der Waals surface area contributed by atoms with E-state index in [0.29, 0.717) is 13.5 Å². The van der Waals surface area contributed by atoms with Gasteiger partial charge in [-0.3, -0.25) is 0 Å². The van der Waals surface area contributed by atoms with E-state index in [2.05, 4.69) is 95.7 Å². The summed E-state index contributed by atoms with van der Waals surface area (Å²) in [7, 11) is -0.0146. The third-order valence-electron chi connectivity index (χ3n) is 6.22. The fourth-order valence-electron chi connectivity index (χ4n) is 4.42. The Bertz CT molecular complexity index is 1010. The quantitative estimate of drug-likeness (QED) is 0.255. The van der Waals surface area contributed by atoms with Crippen molar-refractivity contribution in [2.45, 2.75) is 71.5 Å². The van der Waals surface area contributed by atoms with E-state index in [4.69, 9.17) is 9.47 Å². The minimum absolute atomic E-state index is 0.0146. The molecule has 1 heterocycles. The van der Waals surface area contributed by atoms with Crippen LogP contribution in [0.1, 0.15) is 39.0 Å². The van der Waals surface area contributed by atoms with Crippen molar-refractivity contribution in [2.24, 2.45) is 0 Å². The molecule has 0 radical (unpaired) electrons. The van der Waals surface area contributed by atoms with Crippen LogP contribution < -0.4 is 0 Å². The molecule has 0 aromatic heterocycles. The Morgan fingerprint density at radius 2 is 1.32 bits per heavy atom. The largest absolute Gasteiger partial charge is 0.458 e. The summed E-state index contributed by atoms with van der Waals surface area (Å²) in [5, 5.41) is 0. The summed E-state index contributed by atoms with van der Waals surface area (Å²) in [6.07, 6.45) is 4.45. The van der Waals surface area contributed by atoms with E-state index >= 15 is 0 Å². The summed E-state index contributed by atoms with van der Waals surface area (Å²) in [5.74, 6) is -5.54. The molecular weight excluding hydrogens is 494 g/mol. The van der Waals surface area contributed by atoms with Crippen LogP contribution in [0.15, 0.2) is 106 Å². The predicted molar refractivity (Wildman–Crippen MR) is 140 cm³/mol. The van der Waals surface area contributed by atoms with Crippen LogP contribution in [0, 0.1) is 0 Å². The number of ether oxygens (including phenoxy) is 3. The Morgan fingerprint density at radius 1 is 0.865 bits per heavy atom. The maximum absolute atomic E-state index is 12.6. The second-order valence-electron chi connectivity index (χ2n) is 9.25. The monoisotopic (exact) mass is 527 g/mol. The first-order valence-corrected chi connectivity index (χ1v) is 13.9. The molecule has 37 heavy (non-hydrogen) atoms. The molecule has 1 saturated heterocycles. The number of halogens is 2. The van der Waals surface area contributed by atoms with Crippen molar-refractivity contribution in [1.82, 2.24) is 0 Å². The smallest absolute Gasteiger partial charge is 0.376 e. The number of benzene rings is 3. The van der Waals surface area contributed by atoms with Gasteiger partial charge in [0.15, 0.2) is 20.5 Å². The van der Waals surface area contributed by atoms with Crippen LogP contribution in [0.3, 0.4) is 0 Å². The number of carbonyl (C=O) groups excluding carboxylic acids is 1. The van der Waals surface area contributed by atoms with E-state index in [1.165, 1.54) is 14.7 Å². The van der Waals surface area contributed by atoms with Gasteiger partial charge in [-0.1, -0.05) is 61.0 Å². The van der Waals surface area contributed by atoms with Gasteiger partial charge in [-0.2, -0.15) is 8.78 Å². The van der Waals surface area contributed by atoms with E-state index in [1.54, 1.807) is 0 Å². The Labute approximate surface area is 220 Å². The SMILES string of the molecule is CC(F)(F)C(=O)OCC1COC2(CCCCC2)O1.c1ccc([S+](c2ccccc2)c2ccccc2)cc1. The van der Waals surface area contributed by atoms with Crippen LogP contribution in [-0.4, -0.2) is 37.0 Å². The van der Waals surface area contributed by atoms with E-state index in [1.807, 2.05) is 0 Å². The van der Waals surface area contributed by atoms with E-state index in [9.17, 15) is 13.6 Å². The van der Waals surface area contributed by atoms with Gasteiger partial charge in [0.05, 0.1) is 17.5 Å². The molecular formula is C30H33F2O4S+. The van der Waals surface area contributed by atoms with Gasteiger partial charge in [0, 0.05) is 19.8 Å². The summed E-state index contributed by atoms with van der Waals surface area (Å²) >= 11 is 0. The molecule has 1 saturated carbocycles. The first-order chi connectivity index (χ1) is 17.9. The highest BCUT2D eigenvalue weighted by Crippen LogP contribution is 2.38. The Kier molecular flexibility index (Phi) is 9.35. The third-order valence-corrected chi connectivity index (χ3v) is 8.46. The molecule has 2 aliphatic rings. The zero-order valence-electron chi connectivity index (χ0n) is 21.0. The topological polar surface area (TPSA) is 44.8 Å². The minimum Gasteiger partial charge on any atom is -0.458 e. The van der Waals surface area contributed by atoms with Crippen LogP contribution in [0.5, 0.6) is 0 Å². The lowest BCUT2D eigenvalue weighted by atomic mass is 9.94. The van der Waals surface area contributed by atoms with Gasteiger partial charge in [-0.25, -0.2) is 4.79 Å². The Morgan fingerprint density at radius 3 is 1.76 bits per heavy atom. The van der Waals surface area contributed by atoms with E-state index < -0.39 is 23.8 Å². The predicted octanol–water partition coefficient (Wildman–Crippen LogP) is 7.04. The molecule has 3 aromatic carbocycles. The van der Waals surface area contributed by atoms with Gasteiger partial charge in [0.1, 0.15) is 12.7 Å². The molecule has 1 spiro atoms. The molecule has 7 heteroatoms. The van der Waals surface area contributed by atoms with Crippen molar-refractivity contribution >= 4 is 16.9 Å². The number of hydrogen-bond acceptors (Lipinski definition) is 4. The third kappa shape index (κ3) is 7.63. The molecule has 1 aliphatic heterocycles. The first-order valence-electron chi connectivity index (χ1n) is 12.6. The summed E-state index contributed by atoms with van der Waals surface area (Å²) in [6, 6.07) is 32.2. The van der Waals surface area contributed by atoms with Crippen LogP contribution in [0.25, 0.3) is 0 Å². The summed E-state index contributed by atoms with van der Waals surface area (Å²) in [4.78, 5) is 15.0. The average molecular weight is 528 g/mol. The average Bonchev–Trinajstić information content (AvgIpc) is 3.31. The molecule has 1 atom stereocenters. The standard InChI is InChI=1S/C18H15S.C12H18F2O4/c1-4-10-16(11-5-1)19(17-12-6-2-7-13-17)18-14-8-3-9-15-18;1-11(13,14)10(15)16-7-9-8-17-12(18-9)5-3-2-4-6-12/h1-15H;9H,2-8H2,1H3/q+1;. The zero-order chi connectivity index (χ0) is 26.1. The molecule has 1 aliphatic carbocycles. The van der Waals surface area contributed by atoms with Crippen LogP contribution >= 0.6 is 0 Å². The van der Waals surface area contributed by atoms with Crippen LogP contribution in [-0.2, 0) is 29.9 Å². The zero-order valence-corrected chi connectivity index (χ0v) is 21.8. The Hall–Kier alpha value is -2.74. The summed E-state index contributed by atoms with van der Waals surface area (Å²) in [5.41, 5.74) is 0. The normalized spacial score (nSPS) is 18.8. The molecule has 196 valence electrons. The second-order valence-corrected chi connectivity index (χ2v) is 11.3. The van der Waals surface area contributed by atoms with Gasteiger partial charge in [-0.15, -0.1) is 0 Å². The highest BCUT2D eigenvalue weighted by atomic mass is 32.2. The van der Waals surface area contributed by atoms with Crippen molar-refractivity contribution in [3.63, 3.8) is 0 Å².